The molecular formula is C10H4F7N3O2. The van der Waals surface area contributed by atoms with E-state index in [0.29, 0.717) is 0 Å². The van der Waals surface area contributed by atoms with Crippen LogP contribution >= 0.6 is 0 Å². The predicted octanol–water partition coefficient (Wildman–Crippen LogP) is 3.85. The summed E-state index contributed by atoms with van der Waals surface area (Å²) in [5.74, 6) is -6.44. The second kappa shape index (κ2) is 4.81. The zero-order chi connectivity index (χ0) is 16.9. The molecule has 0 aliphatic carbocycles. The Bertz CT molecular complexity index is 738. The molecule has 1 N–H and O–H groups in total. The highest BCUT2D eigenvalue weighted by atomic mass is 19.4. The number of benzene rings is 1. The van der Waals surface area contributed by atoms with E-state index in [1.165, 1.54) is 0 Å². The number of hydrogen-bond acceptors (Lipinski definition) is 3. The van der Waals surface area contributed by atoms with Gasteiger partial charge in [0, 0.05) is 6.07 Å². The molecule has 12 heteroatoms. The van der Waals surface area contributed by atoms with E-state index in [1.54, 1.807) is 4.98 Å². The molecule has 0 bridgehead atoms. The summed E-state index contributed by atoms with van der Waals surface area (Å²) in [4.78, 5) is 14.0. The number of aromatic nitrogens is 2. The first-order chi connectivity index (χ1) is 9.94. The number of alkyl halides is 7. The number of nitro groups is 1. The van der Waals surface area contributed by atoms with Gasteiger partial charge in [0.15, 0.2) is 11.3 Å². The Morgan fingerprint density at radius 3 is 2.23 bits per heavy atom. The van der Waals surface area contributed by atoms with Gasteiger partial charge in [-0.2, -0.15) is 22.0 Å². The van der Waals surface area contributed by atoms with Crippen LogP contribution in [-0.2, 0) is 12.1 Å². The van der Waals surface area contributed by atoms with Crippen LogP contribution in [0, 0.1) is 10.1 Å². The normalized spacial score (nSPS) is 13.1. The minimum absolute atomic E-state index is 0.0907. The number of imidazole rings is 1. The molecule has 0 spiro atoms. The number of hydrogen-bond donors (Lipinski definition) is 1. The molecule has 2 rings (SSSR count). The maximum absolute atomic E-state index is 13.1. The maximum atomic E-state index is 13.1. The number of aromatic amines is 1. The van der Waals surface area contributed by atoms with Crippen LogP contribution in [0.1, 0.15) is 11.4 Å². The predicted molar refractivity (Wildman–Crippen MR) is 57.6 cm³/mol. The number of H-pyrrole nitrogens is 1. The Morgan fingerprint density at radius 1 is 1.18 bits per heavy atom. The fourth-order valence-electron chi connectivity index (χ4n) is 1.66. The van der Waals surface area contributed by atoms with E-state index in [9.17, 15) is 40.8 Å². The van der Waals surface area contributed by atoms with Crippen LogP contribution in [0.3, 0.4) is 0 Å². The Kier molecular flexibility index (Phi) is 3.50. The maximum Gasteiger partial charge on any atom is 0.416 e. The third-order valence-corrected chi connectivity index (χ3v) is 2.68. The molecule has 1 aromatic heterocycles. The first-order valence-corrected chi connectivity index (χ1v) is 5.36. The van der Waals surface area contributed by atoms with Crippen molar-refractivity contribution in [1.29, 1.82) is 0 Å². The summed E-state index contributed by atoms with van der Waals surface area (Å²) in [6.45, 7) is 0. The van der Waals surface area contributed by atoms with Crippen molar-refractivity contribution in [2.75, 3.05) is 0 Å². The van der Waals surface area contributed by atoms with E-state index in [0.717, 1.165) is 0 Å². The SMILES string of the molecule is O=[N+]([O-])c1cc(C(F)(F)F)cc2[nH]c(C(F)(F)C(F)F)nc12. The van der Waals surface area contributed by atoms with Gasteiger partial charge in [0.25, 0.3) is 5.69 Å². The van der Waals surface area contributed by atoms with Gasteiger partial charge < -0.3 is 4.98 Å². The zero-order valence-electron chi connectivity index (χ0n) is 10.1. The molecule has 0 atom stereocenters. The van der Waals surface area contributed by atoms with Crippen molar-refractivity contribution in [3.05, 3.63) is 33.6 Å². The fourth-order valence-corrected chi connectivity index (χ4v) is 1.66. The average Bonchev–Trinajstić information content (AvgIpc) is 2.80. The van der Waals surface area contributed by atoms with Crippen LogP contribution in [0.2, 0.25) is 0 Å². The first-order valence-electron chi connectivity index (χ1n) is 5.36. The average molecular weight is 331 g/mol. The monoisotopic (exact) mass is 331 g/mol. The Morgan fingerprint density at radius 2 is 1.77 bits per heavy atom. The summed E-state index contributed by atoms with van der Waals surface area (Å²) in [6.07, 6.45) is -9.18. The highest BCUT2D eigenvalue weighted by Crippen LogP contribution is 2.38. The molecule has 22 heavy (non-hydrogen) atoms. The highest BCUT2D eigenvalue weighted by Gasteiger charge is 2.46. The van der Waals surface area contributed by atoms with Gasteiger partial charge in [-0.15, -0.1) is 0 Å². The van der Waals surface area contributed by atoms with E-state index >= 15 is 0 Å². The second-order valence-electron chi connectivity index (χ2n) is 4.16. The van der Waals surface area contributed by atoms with E-state index in [-0.39, 0.29) is 12.1 Å². The van der Waals surface area contributed by atoms with Crippen LogP contribution in [0.4, 0.5) is 36.4 Å². The van der Waals surface area contributed by atoms with Crippen molar-refractivity contribution in [2.24, 2.45) is 0 Å². The molecule has 1 heterocycles. The van der Waals surface area contributed by atoms with Crippen LogP contribution in [0.25, 0.3) is 11.0 Å². The van der Waals surface area contributed by atoms with Gasteiger partial charge in [-0.3, -0.25) is 10.1 Å². The van der Waals surface area contributed by atoms with Crippen LogP contribution < -0.4 is 0 Å². The van der Waals surface area contributed by atoms with Gasteiger partial charge in [-0.1, -0.05) is 0 Å². The van der Waals surface area contributed by atoms with Gasteiger partial charge in [-0.25, -0.2) is 13.8 Å². The minimum atomic E-state index is -4.99. The first kappa shape index (κ1) is 16.0. The minimum Gasteiger partial charge on any atom is -0.336 e. The Hall–Kier alpha value is -2.40. The van der Waals surface area contributed by atoms with Crippen LogP contribution in [-0.4, -0.2) is 21.3 Å². The molecule has 0 unspecified atom stereocenters. The lowest BCUT2D eigenvalue weighted by molar-refractivity contribution is -0.383. The molecule has 0 saturated heterocycles. The number of nitro benzene ring substituents is 1. The summed E-state index contributed by atoms with van der Waals surface area (Å²) >= 11 is 0. The summed E-state index contributed by atoms with van der Waals surface area (Å²) < 4.78 is 88.6. The van der Waals surface area contributed by atoms with E-state index in [4.69, 9.17) is 0 Å². The number of nitrogens with zero attached hydrogens (tertiary/aromatic N) is 2. The number of non-ortho nitro benzene ring substituents is 1. The molecule has 5 nitrogen and oxygen atoms in total. The van der Waals surface area contributed by atoms with E-state index in [2.05, 4.69) is 4.98 Å². The molecule has 0 radical (unpaired) electrons. The molecular weight excluding hydrogens is 327 g/mol. The van der Waals surface area contributed by atoms with Gasteiger partial charge >= 0.3 is 18.5 Å². The van der Waals surface area contributed by atoms with Gasteiger partial charge in [0.1, 0.15) is 0 Å². The number of fused-ring (bicyclic) bond motifs is 1. The van der Waals surface area contributed by atoms with Gasteiger partial charge in [0.05, 0.1) is 16.0 Å². The number of halogens is 7. The van der Waals surface area contributed by atoms with Crippen molar-refractivity contribution >= 4 is 16.7 Å². The molecule has 0 aliphatic heterocycles. The summed E-state index contributed by atoms with van der Waals surface area (Å²) in [7, 11) is 0. The number of nitrogens with one attached hydrogen (secondary N) is 1. The topological polar surface area (TPSA) is 71.8 Å². The van der Waals surface area contributed by atoms with E-state index in [1.807, 2.05) is 0 Å². The summed E-state index contributed by atoms with van der Waals surface area (Å²) in [5.41, 5.74) is -4.38. The molecule has 2 aromatic rings. The van der Waals surface area contributed by atoms with Crippen molar-refractivity contribution in [3.63, 3.8) is 0 Å². The van der Waals surface area contributed by atoms with Gasteiger partial charge in [0.2, 0.25) is 0 Å². The van der Waals surface area contributed by atoms with E-state index < -0.39 is 51.6 Å². The lowest BCUT2D eigenvalue weighted by Gasteiger charge is -2.11. The lowest BCUT2D eigenvalue weighted by Crippen LogP contribution is -2.25. The molecule has 0 fully saturated rings. The van der Waals surface area contributed by atoms with Gasteiger partial charge in [-0.05, 0) is 6.07 Å². The number of rotatable bonds is 3. The third-order valence-electron chi connectivity index (χ3n) is 2.68. The quantitative estimate of drug-likeness (QED) is 0.527. The molecule has 0 saturated carbocycles. The molecule has 1 aromatic carbocycles. The largest absolute Gasteiger partial charge is 0.416 e. The molecule has 120 valence electrons. The van der Waals surface area contributed by atoms with Crippen LogP contribution in [0.5, 0.6) is 0 Å². The third kappa shape index (κ3) is 2.55. The molecule has 0 amide bonds. The van der Waals surface area contributed by atoms with Crippen LogP contribution in [0.15, 0.2) is 12.1 Å². The van der Waals surface area contributed by atoms with Crippen molar-refractivity contribution in [3.8, 4) is 0 Å². The standard InChI is InChI=1S/C10H4F7N3O2/c11-7(12)9(13,14)8-18-4-1-3(10(15,16)17)2-5(20(21)22)6(4)19-8/h1-2,7H,(H,18,19). The Balaban J connectivity index is 2.75. The summed E-state index contributed by atoms with van der Waals surface area (Å²) in [5, 5.41) is 10.7. The second-order valence-corrected chi connectivity index (χ2v) is 4.16. The Labute approximate surface area is 115 Å². The lowest BCUT2D eigenvalue weighted by atomic mass is 10.1. The highest BCUT2D eigenvalue weighted by molar-refractivity contribution is 5.85. The fraction of sp³-hybridized carbons (Fsp3) is 0.300. The summed E-state index contributed by atoms with van der Waals surface area (Å²) in [6, 6.07) is 0.369. The van der Waals surface area contributed by atoms with Crippen molar-refractivity contribution in [1.82, 2.24) is 9.97 Å². The molecule has 0 aliphatic rings. The zero-order valence-corrected chi connectivity index (χ0v) is 10.1. The van der Waals surface area contributed by atoms with Crippen molar-refractivity contribution in [2.45, 2.75) is 18.5 Å². The van der Waals surface area contributed by atoms with Crippen molar-refractivity contribution < 1.29 is 35.7 Å². The smallest absolute Gasteiger partial charge is 0.336 e.